The third kappa shape index (κ3) is 2.38. The molecule has 0 atom stereocenters. The van der Waals surface area contributed by atoms with Crippen LogP contribution in [-0.4, -0.2) is 33.0 Å². The van der Waals surface area contributed by atoms with E-state index in [-0.39, 0.29) is 5.91 Å². The minimum atomic E-state index is -0.0996. The quantitative estimate of drug-likeness (QED) is 0.814. The van der Waals surface area contributed by atoms with Gasteiger partial charge in [0.05, 0.1) is 0 Å². The van der Waals surface area contributed by atoms with Crippen LogP contribution in [-0.2, 0) is 0 Å². The van der Waals surface area contributed by atoms with Gasteiger partial charge in [0, 0.05) is 0 Å². The molecule has 4 heteroatoms. The van der Waals surface area contributed by atoms with Crippen LogP contribution >= 0.6 is 11.6 Å². The zero-order valence-corrected chi connectivity index (χ0v) is 9.91. The molecule has 12 heavy (non-hydrogen) atoms. The van der Waals surface area contributed by atoms with Crippen molar-refractivity contribution in [2.45, 2.75) is 0 Å². The van der Waals surface area contributed by atoms with Gasteiger partial charge < -0.3 is 0 Å². The van der Waals surface area contributed by atoms with Crippen molar-refractivity contribution in [2.75, 3.05) is 4.56 Å². The van der Waals surface area contributed by atoms with E-state index in [1.54, 1.807) is 24.3 Å². The van der Waals surface area contributed by atoms with E-state index in [2.05, 4.69) is 5.32 Å². The van der Waals surface area contributed by atoms with Crippen LogP contribution in [0.4, 0.5) is 0 Å². The summed E-state index contributed by atoms with van der Waals surface area (Å²) in [5.41, 5.74) is 0.543. The third-order valence-electron chi connectivity index (χ3n) is 1.37. The first kappa shape index (κ1) is 9.86. The molecule has 0 bridgehead atoms. The number of carbonyl (C=O) groups is 1. The Balaban J connectivity index is 2.87. The predicted octanol–water partition coefficient (Wildman–Crippen LogP) is 1.20. The second-order valence-electron chi connectivity index (χ2n) is 2.16. The summed E-state index contributed by atoms with van der Waals surface area (Å²) < 4.78 is 0.705. The van der Waals surface area contributed by atoms with E-state index in [0.29, 0.717) is 15.1 Å². The van der Waals surface area contributed by atoms with Crippen molar-refractivity contribution in [2.24, 2.45) is 0 Å². The second-order valence-corrected chi connectivity index (χ2v) is 3.58. The number of carbonyl (C=O) groups excluding carboxylic acids is 1. The van der Waals surface area contributed by atoms with Crippen molar-refractivity contribution in [3.05, 3.63) is 34.9 Å². The van der Waals surface area contributed by atoms with Gasteiger partial charge in [-0.1, -0.05) is 0 Å². The summed E-state index contributed by atoms with van der Waals surface area (Å²) in [5, 5.41) is 3.22. The third-order valence-corrected chi connectivity index (χ3v) is 2.20. The van der Waals surface area contributed by atoms with Gasteiger partial charge in [0.1, 0.15) is 0 Å². The van der Waals surface area contributed by atoms with Gasteiger partial charge in [-0.05, 0) is 0 Å². The molecule has 1 aromatic carbocycles. The molecule has 3 radical (unpaired) electrons. The van der Waals surface area contributed by atoms with Gasteiger partial charge in [-0.25, -0.2) is 0 Å². The van der Waals surface area contributed by atoms with Crippen LogP contribution in [0.1, 0.15) is 10.4 Å². The fourth-order valence-electron chi connectivity index (χ4n) is 0.821. The number of hydrogen-bond donors (Lipinski definition) is 1. The number of amides is 1. The second kappa shape index (κ2) is 4.72. The molecule has 1 N–H and O–H groups in total. The average molecular weight is 287 g/mol. The van der Waals surface area contributed by atoms with E-state index in [0.717, 1.165) is 0 Å². The Morgan fingerprint density at radius 1 is 1.50 bits per heavy atom. The Morgan fingerprint density at radius 2 is 2.17 bits per heavy atom. The topological polar surface area (TPSA) is 29.1 Å². The summed E-state index contributed by atoms with van der Waals surface area (Å²) in [6.07, 6.45) is 0. The van der Waals surface area contributed by atoms with Crippen LogP contribution in [0.25, 0.3) is 0 Å². The molecule has 0 aliphatic carbocycles. The van der Waals surface area contributed by atoms with Crippen LogP contribution in [0, 0.1) is 0 Å². The first-order valence-corrected chi connectivity index (χ1v) is 5.82. The van der Waals surface area contributed by atoms with E-state index >= 15 is 0 Å². The zero-order chi connectivity index (χ0) is 8.97. The molecule has 0 unspecified atom stereocenters. The van der Waals surface area contributed by atoms with E-state index in [9.17, 15) is 4.79 Å². The number of rotatable bonds is 2. The number of benzene rings is 1. The molecule has 0 spiro atoms. The maximum absolute atomic E-state index is 11.3. The molecule has 2 nitrogen and oxygen atoms in total. The predicted molar refractivity (Wildman–Crippen MR) is 49.5 cm³/mol. The van der Waals surface area contributed by atoms with Gasteiger partial charge in [0.15, 0.2) is 0 Å². The number of nitrogens with one attached hydrogen (secondary N) is 1. The van der Waals surface area contributed by atoms with Crippen LogP contribution in [0.15, 0.2) is 24.3 Å². The van der Waals surface area contributed by atoms with E-state index in [1.165, 1.54) is 22.5 Å². The number of halogens is 1. The van der Waals surface area contributed by atoms with Crippen molar-refractivity contribution in [3.8, 4) is 0 Å². The molecule has 0 fully saturated rings. The standard InChI is InChI=1S/C8H7ClNO.Sn/c1-10-8(11)6-4-2-3-5-7(6)9;/h2-5H,1H2,(H,10,11);. The molecular formula is C8H7ClNOSn. The minimum absolute atomic E-state index is 0.0996. The summed E-state index contributed by atoms with van der Waals surface area (Å²) in [5.74, 6) is -0.0996. The Bertz CT molecular complexity index is 290. The number of hydrogen-bond acceptors (Lipinski definition) is 1. The Morgan fingerprint density at radius 3 is 2.75 bits per heavy atom. The first-order chi connectivity index (χ1) is 5.75. The van der Waals surface area contributed by atoms with Gasteiger partial charge >= 0.3 is 89.6 Å². The van der Waals surface area contributed by atoms with Crippen molar-refractivity contribution in [1.82, 2.24) is 5.32 Å². The van der Waals surface area contributed by atoms with Gasteiger partial charge in [-0.3, -0.25) is 0 Å². The molecule has 0 heterocycles. The van der Waals surface area contributed by atoms with Crippen LogP contribution in [0.2, 0.25) is 5.02 Å². The van der Waals surface area contributed by atoms with Crippen molar-refractivity contribution in [3.63, 3.8) is 0 Å². The normalized spacial score (nSPS) is 9.50. The maximum atomic E-state index is 11.3. The van der Waals surface area contributed by atoms with Gasteiger partial charge in [-0.2, -0.15) is 0 Å². The fraction of sp³-hybridized carbons (Fsp3) is 0.125. The van der Waals surface area contributed by atoms with E-state index in [1.807, 2.05) is 0 Å². The Hall–Kier alpha value is -0.221. The summed E-state index contributed by atoms with van der Waals surface area (Å²) in [6.45, 7) is 0. The zero-order valence-electron chi connectivity index (χ0n) is 6.30. The van der Waals surface area contributed by atoms with Crippen molar-refractivity contribution in [1.29, 1.82) is 0 Å². The monoisotopic (exact) mass is 288 g/mol. The van der Waals surface area contributed by atoms with Crippen LogP contribution in [0.3, 0.4) is 0 Å². The van der Waals surface area contributed by atoms with E-state index < -0.39 is 0 Å². The molecule has 0 saturated heterocycles. The van der Waals surface area contributed by atoms with Crippen molar-refractivity contribution >= 4 is 40.0 Å². The summed E-state index contributed by atoms with van der Waals surface area (Å²) >= 11 is 7.08. The molecule has 0 aromatic heterocycles. The van der Waals surface area contributed by atoms with Crippen LogP contribution in [0.5, 0.6) is 0 Å². The van der Waals surface area contributed by atoms with E-state index in [4.69, 9.17) is 11.6 Å². The molecule has 0 saturated carbocycles. The molecule has 61 valence electrons. The molecule has 1 amide bonds. The van der Waals surface area contributed by atoms with Gasteiger partial charge in [0.25, 0.3) is 0 Å². The Labute approximate surface area is 89.4 Å². The average Bonchev–Trinajstić information content (AvgIpc) is 2.05. The summed E-state index contributed by atoms with van der Waals surface area (Å²) in [4.78, 5) is 11.3. The molecule has 0 aliphatic rings. The SMILES string of the molecule is O=C(N[CH2][Sn])c1ccccc1Cl. The summed E-state index contributed by atoms with van der Waals surface area (Å²) in [7, 11) is 0. The first-order valence-electron chi connectivity index (χ1n) is 3.43. The molecule has 1 rings (SSSR count). The van der Waals surface area contributed by atoms with Gasteiger partial charge in [-0.15, -0.1) is 0 Å². The summed E-state index contributed by atoms with van der Waals surface area (Å²) in [6, 6.07) is 7.02. The van der Waals surface area contributed by atoms with Crippen LogP contribution < -0.4 is 5.32 Å². The molecule has 1 aromatic rings. The molecule has 0 aliphatic heterocycles. The molecular weight excluding hydrogens is 280 g/mol. The fourth-order valence-corrected chi connectivity index (χ4v) is 1.50. The van der Waals surface area contributed by atoms with Gasteiger partial charge in [0.2, 0.25) is 0 Å². The Kier molecular flexibility index (Phi) is 3.88. The van der Waals surface area contributed by atoms with Crippen molar-refractivity contribution < 1.29 is 4.79 Å².